The van der Waals surface area contributed by atoms with Gasteiger partial charge in [-0.05, 0) is 20.3 Å². The molecule has 1 aliphatic rings. The highest BCUT2D eigenvalue weighted by Gasteiger charge is 2.24. The molecule has 0 radical (unpaired) electrons. The molecule has 102 valence electrons. The molecule has 6 nitrogen and oxygen atoms in total. The van der Waals surface area contributed by atoms with Gasteiger partial charge >= 0.3 is 0 Å². The molecule has 2 aromatic rings. The van der Waals surface area contributed by atoms with Gasteiger partial charge in [0.05, 0.1) is 6.10 Å². The maximum Gasteiger partial charge on any atom is 0.255 e. The van der Waals surface area contributed by atoms with Gasteiger partial charge in [0.1, 0.15) is 17.3 Å². The predicted octanol–water partition coefficient (Wildman–Crippen LogP) is 1.92. The molecule has 7 heteroatoms. The molecule has 2 atom stereocenters. The van der Waals surface area contributed by atoms with Crippen LogP contribution >= 0.6 is 11.6 Å². The van der Waals surface area contributed by atoms with E-state index in [0.717, 1.165) is 31.0 Å². The molecule has 3 rings (SSSR count). The molecule has 1 fully saturated rings. The largest absolute Gasteiger partial charge is 0.378 e. The second kappa shape index (κ2) is 4.94. The quantitative estimate of drug-likeness (QED) is 0.871. The zero-order valence-corrected chi connectivity index (χ0v) is 11.7. The monoisotopic (exact) mass is 281 g/mol. The van der Waals surface area contributed by atoms with Crippen molar-refractivity contribution in [1.82, 2.24) is 19.6 Å². The molecule has 0 spiro atoms. The third-order valence-corrected chi connectivity index (χ3v) is 4.04. The van der Waals surface area contributed by atoms with Gasteiger partial charge in [-0.1, -0.05) is 11.6 Å². The van der Waals surface area contributed by atoms with Crippen molar-refractivity contribution in [1.29, 1.82) is 0 Å². The molecular formula is C12H16ClN5O. The Balaban J connectivity index is 1.87. The van der Waals surface area contributed by atoms with Crippen LogP contribution in [0.25, 0.3) is 5.78 Å². The minimum atomic E-state index is 0.288. The lowest BCUT2D eigenvalue weighted by Crippen LogP contribution is -2.22. The molecule has 1 N–H and O–H groups in total. The fourth-order valence-electron chi connectivity index (χ4n) is 2.38. The molecule has 19 heavy (non-hydrogen) atoms. The highest BCUT2D eigenvalue weighted by Crippen LogP contribution is 2.25. The normalized spacial score (nSPS) is 23.1. The average molecular weight is 282 g/mol. The standard InChI is InChI=1S/C12H16ClN5O/c1-7-10(13)17-12-15-6-16-18(12)11(7)14-5-9-3-4-19-8(9)2/h6,8-9,14H,3-5H2,1-2H3. The molecule has 0 aromatic carbocycles. The topological polar surface area (TPSA) is 64.3 Å². The molecule has 3 heterocycles. The summed E-state index contributed by atoms with van der Waals surface area (Å²) in [6.45, 7) is 5.70. The Morgan fingerprint density at radius 1 is 1.58 bits per heavy atom. The Kier molecular flexibility index (Phi) is 3.28. The Hall–Kier alpha value is -1.40. The van der Waals surface area contributed by atoms with Crippen molar-refractivity contribution in [2.45, 2.75) is 26.4 Å². The summed E-state index contributed by atoms with van der Waals surface area (Å²) in [6, 6.07) is 0. The summed E-state index contributed by atoms with van der Waals surface area (Å²) in [5.41, 5.74) is 0.881. The number of halogens is 1. The third kappa shape index (κ3) is 2.26. The van der Waals surface area contributed by atoms with E-state index < -0.39 is 0 Å². The Morgan fingerprint density at radius 2 is 2.42 bits per heavy atom. The van der Waals surface area contributed by atoms with Gasteiger partial charge in [-0.2, -0.15) is 19.6 Å². The average Bonchev–Trinajstić information content (AvgIpc) is 2.99. The lowest BCUT2D eigenvalue weighted by Gasteiger charge is -2.17. The minimum Gasteiger partial charge on any atom is -0.378 e. The summed E-state index contributed by atoms with van der Waals surface area (Å²) in [4.78, 5) is 8.25. The van der Waals surface area contributed by atoms with Gasteiger partial charge in [0.15, 0.2) is 0 Å². The fourth-order valence-corrected chi connectivity index (χ4v) is 2.54. The van der Waals surface area contributed by atoms with Gasteiger partial charge in [-0.15, -0.1) is 0 Å². The van der Waals surface area contributed by atoms with Crippen LogP contribution in [-0.4, -0.2) is 38.8 Å². The van der Waals surface area contributed by atoms with E-state index in [1.807, 2.05) is 6.92 Å². The minimum absolute atomic E-state index is 0.288. The molecule has 0 bridgehead atoms. The highest BCUT2D eigenvalue weighted by atomic mass is 35.5. The third-order valence-electron chi connectivity index (χ3n) is 3.67. The van der Waals surface area contributed by atoms with E-state index in [9.17, 15) is 0 Å². The van der Waals surface area contributed by atoms with Gasteiger partial charge in [-0.25, -0.2) is 0 Å². The predicted molar refractivity (Wildman–Crippen MR) is 72.5 cm³/mol. The summed E-state index contributed by atoms with van der Waals surface area (Å²) in [6.07, 6.45) is 2.84. The zero-order chi connectivity index (χ0) is 13.4. The van der Waals surface area contributed by atoms with Crippen LogP contribution in [0.5, 0.6) is 0 Å². The van der Waals surface area contributed by atoms with Crippen LogP contribution in [0.3, 0.4) is 0 Å². The summed E-state index contributed by atoms with van der Waals surface area (Å²) >= 11 is 6.12. The fraction of sp³-hybridized carbons (Fsp3) is 0.583. The van der Waals surface area contributed by atoms with Gasteiger partial charge in [0.2, 0.25) is 0 Å². The molecule has 2 unspecified atom stereocenters. The second-order valence-electron chi connectivity index (χ2n) is 4.85. The van der Waals surface area contributed by atoms with Crippen molar-refractivity contribution in [3.05, 3.63) is 17.0 Å². The lowest BCUT2D eigenvalue weighted by molar-refractivity contribution is 0.108. The molecule has 0 saturated carbocycles. The molecule has 2 aromatic heterocycles. The van der Waals surface area contributed by atoms with E-state index in [1.54, 1.807) is 4.52 Å². The van der Waals surface area contributed by atoms with Gasteiger partial charge < -0.3 is 10.1 Å². The van der Waals surface area contributed by atoms with Crippen LogP contribution in [0.15, 0.2) is 6.33 Å². The molecule has 0 amide bonds. The number of hydrogen-bond donors (Lipinski definition) is 1. The maximum atomic E-state index is 6.12. The van der Waals surface area contributed by atoms with E-state index in [4.69, 9.17) is 16.3 Å². The van der Waals surface area contributed by atoms with Crippen molar-refractivity contribution in [3.63, 3.8) is 0 Å². The van der Waals surface area contributed by atoms with Crippen molar-refractivity contribution >= 4 is 23.2 Å². The molecular weight excluding hydrogens is 266 g/mol. The number of ether oxygens (including phenoxy) is 1. The molecule has 0 aliphatic carbocycles. The number of hydrogen-bond acceptors (Lipinski definition) is 5. The first kappa shape index (κ1) is 12.6. The van der Waals surface area contributed by atoms with Crippen LogP contribution in [0.2, 0.25) is 5.15 Å². The number of anilines is 1. The maximum absolute atomic E-state index is 6.12. The van der Waals surface area contributed by atoms with E-state index in [0.29, 0.717) is 16.8 Å². The van der Waals surface area contributed by atoms with Crippen molar-refractivity contribution < 1.29 is 4.74 Å². The second-order valence-corrected chi connectivity index (χ2v) is 5.21. The van der Waals surface area contributed by atoms with Crippen molar-refractivity contribution in [3.8, 4) is 0 Å². The smallest absolute Gasteiger partial charge is 0.255 e. The van der Waals surface area contributed by atoms with Crippen molar-refractivity contribution in [2.75, 3.05) is 18.5 Å². The number of nitrogens with one attached hydrogen (secondary N) is 1. The van der Waals surface area contributed by atoms with Crippen LogP contribution in [0, 0.1) is 12.8 Å². The Bertz CT molecular complexity index is 599. The van der Waals surface area contributed by atoms with Gasteiger partial charge in [0, 0.05) is 24.6 Å². The van der Waals surface area contributed by atoms with Crippen molar-refractivity contribution in [2.24, 2.45) is 5.92 Å². The summed E-state index contributed by atoms with van der Waals surface area (Å²) in [5.74, 6) is 1.87. The van der Waals surface area contributed by atoms with Crippen LogP contribution in [0.1, 0.15) is 18.9 Å². The molecule has 1 saturated heterocycles. The Morgan fingerprint density at radius 3 is 3.16 bits per heavy atom. The number of aromatic nitrogens is 4. The number of rotatable bonds is 3. The summed E-state index contributed by atoms with van der Waals surface area (Å²) in [7, 11) is 0. The lowest BCUT2D eigenvalue weighted by atomic mass is 10.0. The van der Waals surface area contributed by atoms with E-state index in [1.165, 1.54) is 6.33 Å². The van der Waals surface area contributed by atoms with Gasteiger partial charge in [0.25, 0.3) is 5.78 Å². The van der Waals surface area contributed by atoms with Gasteiger partial charge in [-0.3, -0.25) is 0 Å². The van der Waals surface area contributed by atoms with Crippen LogP contribution in [0.4, 0.5) is 5.82 Å². The first-order valence-electron chi connectivity index (χ1n) is 6.38. The van der Waals surface area contributed by atoms with E-state index >= 15 is 0 Å². The van der Waals surface area contributed by atoms with E-state index in [2.05, 4.69) is 27.3 Å². The first-order valence-corrected chi connectivity index (χ1v) is 6.76. The SMILES string of the molecule is Cc1c(Cl)nc2ncnn2c1NCC1CCOC1C. The number of fused-ring (bicyclic) bond motifs is 1. The summed E-state index contributed by atoms with van der Waals surface area (Å²) < 4.78 is 7.25. The van der Waals surface area contributed by atoms with E-state index in [-0.39, 0.29) is 6.10 Å². The highest BCUT2D eigenvalue weighted by molar-refractivity contribution is 6.30. The Labute approximate surface area is 116 Å². The van der Waals surface area contributed by atoms with Crippen LogP contribution in [-0.2, 0) is 4.74 Å². The first-order chi connectivity index (χ1) is 9.16. The molecule has 1 aliphatic heterocycles. The number of nitrogens with zero attached hydrogens (tertiary/aromatic N) is 4. The zero-order valence-electron chi connectivity index (χ0n) is 10.9. The summed E-state index contributed by atoms with van der Waals surface area (Å²) in [5, 5.41) is 8.04. The van der Waals surface area contributed by atoms with Crippen LogP contribution < -0.4 is 5.32 Å².